The minimum Gasteiger partial charge on any atom is -0.494 e. The molecule has 2 aromatic carbocycles. The van der Waals surface area contributed by atoms with Gasteiger partial charge in [0, 0.05) is 11.1 Å². The topological polar surface area (TPSA) is 77.2 Å². The van der Waals surface area contributed by atoms with Crippen molar-refractivity contribution in [3.8, 4) is 17.0 Å². The van der Waals surface area contributed by atoms with Gasteiger partial charge < -0.3 is 10.1 Å². The normalized spacial score (nSPS) is 10.8. The lowest BCUT2D eigenvalue weighted by molar-refractivity contribution is 0.102. The molecule has 0 fully saturated rings. The van der Waals surface area contributed by atoms with Crippen molar-refractivity contribution >= 4 is 11.7 Å². The van der Waals surface area contributed by atoms with Crippen molar-refractivity contribution in [2.45, 2.75) is 26.7 Å². The summed E-state index contributed by atoms with van der Waals surface area (Å²) in [5, 5.41) is 10.5. The van der Waals surface area contributed by atoms with Crippen LogP contribution in [-0.4, -0.2) is 22.8 Å². The number of anilines is 1. The predicted molar refractivity (Wildman–Crippen MR) is 99.4 cm³/mol. The molecular formula is C20H21N3O3. The Morgan fingerprint density at radius 1 is 1.15 bits per heavy atom. The smallest absolute Gasteiger partial charge is 0.257 e. The molecule has 26 heavy (non-hydrogen) atoms. The lowest BCUT2D eigenvalue weighted by Crippen LogP contribution is -2.13. The van der Waals surface area contributed by atoms with E-state index < -0.39 is 0 Å². The maximum absolute atomic E-state index is 12.5. The van der Waals surface area contributed by atoms with Gasteiger partial charge in [0.05, 0.1) is 6.61 Å². The van der Waals surface area contributed by atoms with Crippen LogP contribution in [0.1, 0.15) is 42.6 Å². The summed E-state index contributed by atoms with van der Waals surface area (Å²) in [4.78, 5) is 12.5. The third kappa shape index (κ3) is 3.91. The second-order valence-corrected chi connectivity index (χ2v) is 6.15. The average molecular weight is 351 g/mol. The van der Waals surface area contributed by atoms with Crippen molar-refractivity contribution in [1.82, 2.24) is 10.3 Å². The average Bonchev–Trinajstić information content (AvgIpc) is 3.10. The summed E-state index contributed by atoms with van der Waals surface area (Å²) in [7, 11) is 0. The molecule has 6 nitrogen and oxygen atoms in total. The van der Waals surface area contributed by atoms with Gasteiger partial charge in [0.15, 0.2) is 5.69 Å². The first-order valence-electron chi connectivity index (χ1n) is 8.55. The molecule has 6 heteroatoms. The molecule has 134 valence electrons. The molecule has 1 heterocycles. The minimum atomic E-state index is -0.303. The first kappa shape index (κ1) is 17.7. The second-order valence-electron chi connectivity index (χ2n) is 6.15. The molecule has 1 aromatic heterocycles. The highest BCUT2D eigenvalue weighted by Gasteiger charge is 2.16. The molecule has 0 atom stereocenters. The van der Waals surface area contributed by atoms with Gasteiger partial charge >= 0.3 is 0 Å². The molecule has 0 aliphatic rings. The van der Waals surface area contributed by atoms with E-state index in [0.717, 1.165) is 5.56 Å². The third-order valence-corrected chi connectivity index (χ3v) is 3.98. The van der Waals surface area contributed by atoms with Crippen LogP contribution in [0.2, 0.25) is 0 Å². The van der Waals surface area contributed by atoms with E-state index in [1.54, 1.807) is 24.3 Å². The SMILES string of the molecule is CCOc1cccc(C(=O)Nc2nonc2-c2ccc(C(C)C)cc2)c1. The maximum atomic E-state index is 12.5. The van der Waals surface area contributed by atoms with Gasteiger partial charge in [-0.15, -0.1) is 0 Å². The molecule has 0 aliphatic heterocycles. The zero-order valence-electron chi connectivity index (χ0n) is 15.0. The Kier molecular flexibility index (Phi) is 5.31. The summed E-state index contributed by atoms with van der Waals surface area (Å²) in [6.45, 7) is 6.70. The van der Waals surface area contributed by atoms with E-state index in [0.29, 0.717) is 29.5 Å². The van der Waals surface area contributed by atoms with E-state index in [9.17, 15) is 4.79 Å². The number of aromatic nitrogens is 2. The van der Waals surface area contributed by atoms with Crippen LogP contribution >= 0.6 is 0 Å². The number of hydrogen-bond donors (Lipinski definition) is 1. The molecule has 0 unspecified atom stereocenters. The summed E-state index contributed by atoms with van der Waals surface area (Å²) < 4.78 is 10.3. The Bertz CT molecular complexity index is 885. The second kappa shape index (κ2) is 7.82. The highest BCUT2D eigenvalue weighted by Crippen LogP contribution is 2.26. The largest absolute Gasteiger partial charge is 0.494 e. The standard InChI is InChI=1S/C20H21N3O3/c1-4-25-17-7-5-6-16(12-17)20(24)21-19-18(22-26-23-19)15-10-8-14(9-11-15)13(2)3/h5-13H,4H2,1-3H3,(H,21,23,24). The van der Waals surface area contributed by atoms with Gasteiger partial charge in [-0.2, -0.15) is 0 Å². The summed E-state index contributed by atoms with van der Waals surface area (Å²) in [5.74, 6) is 1.07. The van der Waals surface area contributed by atoms with Gasteiger partial charge in [0.25, 0.3) is 5.91 Å². The van der Waals surface area contributed by atoms with Gasteiger partial charge in [-0.05, 0) is 46.9 Å². The fourth-order valence-corrected chi connectivity index (χ4v) is 2.56. The van der Waals surface area contributed by atoms with Gasteiger partial charge in [0.2, 0.25) is 5.82 Å². The molecule has 0 radical (unpaired) electrons. The Hall–Kier alpha value is -3.15. The van der Waals surface area contributed by atoms with Crippen molar-refractivity contribution in [1.29, 1.82) is 0 Å². The summed E-state index contributed by atoms with van der Waals surface area (Å²) in [5.41, 5.74) is 3.02. The van der Waals surface area contributed by atoms with E-state index in [1.807, 2.05) is 31.2 Å². The molecule has 0 bridgehead atoms. The molecule has 0 saturated carbocycles. The number of ether oxygens (including phenoxy) is 1. The van der Waals surface area contributed by atoms with E-state index in [2.05, 4.69) is 29.5 Å². The van der Waals surface area contributed by atoms with E-state index >= 15 is 0 Å². The van der Waals surface area contributed by atoms with Crippen molar-refractivity contribution in [2.24, 2.45) is 0 Å². The number of carbonyl (C=O) groups excluding carboxylic acids is 1. The van der Waals surface area contributed by atoms with Crippen LogP contribution in [0.15, 0.2) is 53.2 Å². The van der Waals surface area contributed by atoms with Crippen LogP contribution < -0.4 is 10.1 Å². The van der Waals surface area contributed by atoms with Crippen LogP contribution in [0.4, 0.5) is 5.82 Å². The van der Waals surface area contributed by atoms with Gasteiger partial charge in [-0.1, -0.05) is 44.2 Å². The minimum absolute atomic E-state index is 0.286. The van der Waals surface area contributed by atoms with Crippen LogP contribution in [0, 0.1) is 0 Å². The van der Waals surface area contributed by atoms with Crippen LogP contribution in [0.25, 0.3) is 11.3 Å². The lowest BCUT2D eigenvalue weighted by atomic mass is 10.0. The molecular weight excluding hydrogens is 330 g/mol. The number of amides is 1. The predicted octanol–water partition coefficient (Wildman–Crippen LogP) is 4.51. The maximum Gasteiger partial charge on any atom is 0.257 e. The van der Waals surface area contributed by atoms with Gasteiger partial charge in [0.1, 0.15) is 5.75 Å². The van der Waals surface area contributed by atoms with Crippen LogP contribution in [-0.2, 0) is 0 Å². The number of nitrogens with one attached hydrogen (secondary N) is 1. The summed E-state index contributed by atoms with van der Waals surface area (Å²) >= 11 is 0. The van der Waals surface area contributed by atoms with Crippen molar-refractivity contribution in [3.05, 3.63) is 59.7 Å². The third-order valence-electron chi connectivity index (χ3n) is 3.98. The number of benzene rings is 2. The zero-order valence-corrected chi connectivity index (χ0v) is 15.0. The Labute approximate surface area is 152 Å². The van der Waals surface area contributed by atoms with Crippen molar-refractivity contribution < 1.29 is 14.2 Å². The summed E-state index contributed by atoms with van der Waals surface area (Å²) in [6, 6.07) is 14.9. The Balaban J connectivity index is 1.80. The first-order chi connectivity index (χ1) is 12.6. The molecule has 0 aliphatic carbocycles. The Morgan fingerprint density at radius 3 is 2.62 bits per heavy atom. The number of nitrogens with zero attached hydrogens (tertiary/aromatic N) is 2. The molecule has 0 saturated heterocycles. The molecule has 1 N–H and O–H groups in total. The van der Waals surface area contributed by atoms with Crippen molar-refractivity contribution in [3.63, 3.8) is 0 Å². The zero-order chi connectivity index (χ0) is 18.5. The quantitative estimate of drug-likeness (QED) is 0.707. The Morgan fingerprint density at radius 2 is 1.92 bits per heavy atom. The molecule has 3 rings (SSSR count). The fraction of sp³-hybridized carbons (Fsp3) is 0.250. The van der Waals surface area contributed by atoms with E-state index in [-0.39, 0.29) is 11.7 Å². The van der Waals surface area contributed by atoms with Gasteiger partial charge in [-0.3, -0.25) is 4.79 Å². The molecule has 3 aromatic rings. The van der Waals surface area contributed by atoms with Crippen molar-refractivity contribution in [2.75, 3.05) is 11.9 Å². The highest BCUT2D eigenvalue weighted by molar-refractivity contribution is 6.05. The van der Waals surface area contributed by atoms with Crippen LogP contribution in [0.3, 0.4) is 0 Å². The number of carbonyl (C=O) groups is 1. The molecule has 0 spiro atoms. The fourth-order valence-electron chi connectivity index (χ4n) is 2.56. The highest BCUT2D eigenvalue weighted by atomic mass is 16.6. The summed E-state index contributed by atoms with van der Waals surface area (Å²) in [6.07, 6.45) is 0. The lowest BCUT2D eigenvalue weighted by Gasteiger charge is -2.07. The first-order valence-corrected chi connectivity index (χ1v) is 8.55. The monoisotopic (exact) mass is 351 g/mol. The van der Waals surface area contributed by atoms with E-state index in [4.69, 9.17) is 9.37 Å². The van der Waals surface area contributed by atoms with Crippen LogP contribution in [0.5, 0.6) is 5.75 Å². The van der Waals surface area contributed by atoms with Gasteiger partial charge in [-0.25, -0.2) is 4.63 Å². The number of rotatable bonds is 6. The van der Waals surface area contributed by atoms with E-state index in [1.165, 1.54) is 5.56 Å². The number of hydrogen-bond acceptors (Lipinski definition) is 5. The molecule has 1 amide bonds.